The Hall–Kier alpha value is -1.95. The third-order valence-electron chi connectivity index (χ3n) is 2.49. The van der Waals surface area contributed by atoms with Crippen molar-refractivity contribution in [1.29, 1.82) is 0 Å². The molecule has 0 amide bonds. The molecule has 0 radical (unpaired) electrons. The maximum absolute atomic E-state index is 5.32. The third-order valence-corrected chi connectivity index (χ3v) is 2.49. The Morgan fingerprint density at radius 2 is 2.24 bits per heavy atom. The van der Waals surface area contributed by atoms with E-state index in [1.54, 1.807) is 12.4 Å². The van der Waals surface area contributed by atoms with Crippen molar-refractivity contribution >= 4 is 5.95 Å². The van der Waals surface area contributed by atoms with Crippen LogP contribution in [0.25, 0.3) is 5.82 Å². The summed E-state index contributed by atoms with van der Waals surface area (Å²) in [6, 6.07) is 0. The number of hydrazine groups is 1. The van der Waals surface area contributed by atoms with Crippen LogP contribution in [0, 0.1) is 6.92 Å². The molecule has 0 aromatic carbocycles. The average Bonchev–Trinajstić information content (AvgIpc) is 2.78. The lowest BCUT2D eigenvalue weighted by Gasteiger charge is -2.10. The molecular weight excluding hydrogens is 216 g/mol. The van der Waals surface area contributed by atoms with Crippen LogP contribution in [0.5, 0.6) is 0 Å². The molecule has 3 N–H and O–H groups in total. The first kappa shape index (κ1) is 11.5. The topological polar surface area (TPSA) is 81.7 Å². The van der Waals surface area contributed by atoms with Crippen LogP contribution in [0.1, 0.15) is 24.7 Å². The van der Waals surface area contributed by atoms with Crippen molar-refractivity contribution in [3.05, 3.63) is 30.0 Å². The van der Waals surface area contributed by atoms with Gasteiger partial charge in [0, 0.05) is 30.6 Å². The van der Waals surface area contributed by atoms with E-state index in [2.05, 4.69) is 27.3 Å². The van der Waals surface area contributed by atoms with Crippen LogP contribution in [0.4, 0.5) is 5.95 Å². The lowest BCUT2D eigenvalue weighted by molar-refractivity contribution is 0.792. The molecule has 0 aliphatic carbocycles. The fourth-order valence-electron chi connectivity index (χ4n) is 1.68. The van der Waals surface area contributed by atoms with Gasteiger partial charge in [-0.2, -0.15) is 4.98 Å². The summed E-state index contributed by atoms with van der Waals surface area (Å²) < 4.78 is 1.97. The van der Waals surface area contributed by atoms with E-state index in [9.17, 15) is 0 Å². The summed E-state index contributed by atoms with van der Waals surface area (Å²) in [5.74, 6) is 7.53. The highest BCUT2D eigenvalue weighted by Gasteiger charge is 2.09. The van der Waals surface area contributed by atoms with Crippen LogP contribution in [0.2, 0.25) is 0 Å². The van der Waals surface area contributed by atoms with Crippen LogP contribution < -0.4 is 11.3 Å². The van der Waals surface area contributed by atoms with Crippen molar-refractivity contribution in [2.75, 3.05) is 5.43 Å². The highest BCUT2D eigenvalue weighted by Crippen LogP contribution is 2.14. The number of aromatic nitrogens is 4. The normalized spacial score (nSPS) is 10.5. The Labute approximate surface area is 99.9 Å². The summed E-state index contributed by atoms with van der Waals surface area (Å²) in [4.78, 5) is 12.7. The van der Waals surface area contributed by atoms with Gasteiger partial charge in [0.25, 0.3) is 0 Å². The Morgan fingerprint density at radius 1 is 1.41 bits per heavy atom. The molecule has 0 unspecified atom stereocenters. The summed E-state index contributed by atoms with van der Waals surface area (Å²) in [6.07, 6.45) is 7.39. The summed E-state index contributed by atoms with van der Waals surface area (Å²) in [5, 5.41) is 0. The van der Waals surface area contributed by atoms with Crippen molar-refractivity contribution < 1.29 is 0 Å². The van der Waals surface area contributed by atoms with Gasteiger partial charge in [0.15, 0.2) is 0 Å². The molecule has 0 saturated heterocycles. The van der Waals surface area contributed by atoms with Crippen molar-refractivity contribution in [2.45, 2.75) is 26.7 Å². The van der Waals surface area contributed by atoms with Crippen LogP contribution in [0.15, 0.2) is 18.6 Å². The number of hydrogen-bond acceptors (Lipinski definition) is 5. The number of anilines is 1. The van der Waals surface area contributed by atoms with Gasteiger partial charge in [0.05, 0.1) is 0 Å². The summed E-state index contributed by atoms with van der Waals surface area (Å²) in [7, 11) is 0. The molecule has 2 heterocycles. The van der Waals surface area contributed by atoms with E-state index in [1.165, 1.54) is 0 Å². The molecule has 6 heteroatoms. The lowest BCUT2D eigenvalue weighted by atomic mass is 10.3. The number of aryl methyl sites for hydroxylation is 2. The van der Waals surface area contributed by atoms with Crippen molar-refractivity contribution in [2.24, 2.45) is 5.84 Å². The highest BCUT2D eigenvalue weighted by molar-refractivity contribution is 5.38. The zero-order valence-electron chi connectivity index (χ0n) is 10.0. The molecule has 2 rings (SSSR count). The average molecular weight is 232 g/mol. The molecule has 0 atom stereocenters. The van der Waals surface area contributed by atoms with Crippen LogP contribution in [-0.4, -0.2) is 19.5 Å². The van der Waals surface area contributed by atoms with E-state index in [-0.39, 0.29) is 0 Å². The van der Waals surface area contributed by atoms with E-state index in [4.69, 9.17) is 5.84 Å². The van der Waals surface area contributed by atoms with E-state index in [0.29, 0.717) is 5.95 Å². The van der Waals surface area contributed by atoms with Gasteiger partial charge in [0.1, 0.15) is 11.6 Å². The third kappa shape index (κ3) is 2.26. The minimum atomic E-state index is 0.404. The molecule has 17 heavy (non-hydrogen) atoms. The number of nitrogen functional groups attached to an aromatic ring is 1. The van der Waals surface area contributed by atoms with E-state index < -0.39 is 0 Å². The molecule has 0 aliphatic heterocycles. The monoisotopic (exact) mass is 232 g/mol. The van der Waals surface area contributed by atoms with E-state index in [0.717, 1.165) is 30.0 Å². The molecule has 0 aliphatic rings. The van der Waals surface area contributed by atoms with Crippen LogP contribution in [0.3, 0.4) is 0 Å². The number of nitrogens with zero attached hydrogens (tertiary/aromatic N) is 4. The molecule has 0 saturated carbocycles. The number of imidazole rings is 1. The molecule has 90 valence electrons. The van der Waals surface area contributed by atoms with Gasteiger partial charge in [-0.3, -0.25) is 9.99 Å². The van der Waals surface area contributed by atoms with Gasteiger partial charge in [0.2, 0.25) is 5.95 Å². The number of rotatable bonds is 4. The number of hydrogen-bond donors (Lipinski definition) is 2. The van der Waals surface area contributed by atoms with E-state index in [1.807, 2.05) is 17.7 Å². The van der Waals surface area contributed by atoms with Gasteiger partial charge < -0.3 is 0 Å². The zero-order chi connectivity index (χ0) is 12.3. The Balaban J connectivity index is 2.47. The van der Waals surface area contributed by atoms with E-state index >= 15 is 0 Å². The van der Waals surface area contributed by atoms with Gasteiger partial charge in [-0.1, -0.05) is 6.92 Å². The SMILES string of the molecule is CCCc1nccn1-c1nc(NN)ncc1C. The van der Waals surface area contributed by atoms with Crippen LogP contribution >= 0.6 is 0 Å². The maximum Gasteiger partial charge on any atom is 0.239 e. The number of nitrogens with two attached hydrogens (primary N) is 1. The van der Waals surface area contributed by atoms with Crippen molar-refractivity contribution in [3.63, 3.8) is 0 Å². The molecule has 0 spiro atoms. The molecule has 2 aromatic heterocycles. The summed E-state index contributed by atoms with van der Waals surface area (Å²) >= 11 is 0. The van der Waals surface area contributed by atoms with Crippen molar-refractivity contribution in [3.8, 4) is 5.82 Å². The van der Waals surface area contributed by atoms with Crippen LogP contribution in [-0.2, 0) is 6.42 Å². The molecule has 0 fully saturated rings. The summed E-state index contributed by atoms with van der Waals surface area (Å²) in [6.45, 7) is 4.09. The zero-order valence-corrected chi connectivity index (χ0v) is 10.0. The quantitative estimate of drug-likeness (QED) is 0.611. The molecule has 0 bridgehead atoms. The first-order chi connectivity index (χ1) is 8.26. The van der Waals surface area contributed by atoms with Gasteiger partial charge in [-0.25, -0.2) is 15.8 Å². The maximum atomic E-state index is 5.32. The summed E-state index contributed by atoms with van der Waals surface area (Å²) in [5.41, 5.74) is 3.44. The molecule has 2 aromatic rings. The second kappa shape index (κ2) is 4.92. The number of nitrogens with one attached hydrogen (secondary N) is 1. The minimum Gasteiger partial charge on any atom is -0.292 e. The first-order valence-electron chi connectivity index (χ1n) is 5.59. The van der Waals surface area contributed by atoms with Crippen molar-refractivity contribution in [1.82, 2.24) is 19.5 Å². The molecular formula is C11H16N6. The second-order valence-corrected chi connectivity index (χ2v) is 3.81. The standard InChI is InChI=1S/C11H16N6/c1-3-4-9-13-5-6-17(9)10-8(2)7-14-11(15-10)16-12/h5-7H,3-4,12H2,1-2H3,(H,14,15,16). The smallest absolute Gasteiger partial charge is 0.239 e. The Kier molecular flexibility index (Phi) is 3.34. The van der Waals surface area contributed by atoms with Gasteiger partial charge in [-0.05, 0) is 13.3 Å². The highest BCUT2D eigenvalue weighted by atomic mass is 15.3. The van der Waals surface area contributed by atoms with Gasteiger partial charge >= 0.3 is 0 Å². The predicted molar refractivity (Wildman–Crippen MR) is 65.7 cm³/mol. The largest absolute Gasteiger partial charge is 0.292 e. The molecule has 6 nitrogen and oxygen atoms in total. The first-order valence-corrected chi connectivity index (χ1v) is 5.59. The van der Waals surface area contributed by atoms with Gasteiger partial charge in [-0.15, -0.1) is 0 Å². The fraction of sp³-hybridized carbons (Fsp3) is 0.364. The Bertz CT molecular complexity index is 504. The second-order valence-electron chi connectivity index (χ2n) is 3.81. The fourth-order valence-corrected chi connectivity index (χ4v) is 1.68. The lowest BCUT2D eigenvalue weighted by Crippen LogP contribution is -2.13. The predicted octanol–water partition coefficient (Wildman–Crippen LogP) is 1.21. The Morgan fingerprint density at radius 3 is 2.94 bits per heavy atom. The minimum absolute atomic E-state index is 0.404.